The Kier molecular flexibility index (Phi) is 6.64. The minimum absolute atomic E-state index is 0.429. The number of fused-ring (bicyclic) bond motifs is 11. The molecular formula is C49H33NSSi. The topological polar surface area (TPSA) is 4.93 Å². The van der Waals surface area contributed by atoms with Gasteiger partial charge in [0.15, 0.2) is 0 Å². The Hall–Kier alpha value is -5.87. The van der Waals surface area contributed by atoms with E-state index < -0.39 is 14.2 Å². The van der Waals surface area contributed by atoms with Gasteiger partial charge in [0.1, 0.15) is 8.80 Å². The summed E-state index contributed by atoms with van der Waals surface area (Å²) in [6.45, 7) is 0. The van der Waals surface area contributed by atoms with E-state index in [9.17, 15) is 0 Å². The van der Waals surface area contributed by atoms with Crippen molar-refractivity contribution in [1.29, 1.82) is 0 Å². The molecule has 1 spiro atoms. The summed E-state index contributed by atoms with van der Waals surface area (Å²) < 4.78 is 2.40. The largest absolute Gasteiger partial charge is 0.309 e. The second-order valence-corrected chi connectivity index (χ2v) is 17.9. The fourth-order valence-electron chi connectivity index (χ4n) is 9.30. The summed E-state index contributed by atoms with van der Waals surface area (Å²) in [6, 6.07) is 73.0. The van der Waals surface area contributed by atoms with Crippen LogP contribution in [0.3, 0.4) is 0 Å². The lowest BCUT2D eigenvalue weighted by Gasteiger charge is -2.48. The van der Waals surface area contributed by atoms with Gasteiger partial charge in [-0.05, 0) is 86.2 Å². The average molecular weight is 696 g/mol. The van der Waals surface area contributed by atoms with Crippen LogP contribution in [0.15, 0.2) is 204 Å². The van der Waals surface area contributed by atoms with Crippen molar-refractivity contribution in [2.24, 2.45) is 0 Å². The fraction of sp³-hybridized carbons (Fsp3) is 0.0204. The summed E-state index contributed by atoms with van der Waals surface area (Å²) in [5, 5.41) is 7.05. The van der Waals surface area contributed by atoms with Gasteiger partial charge in [0, 0.05) is 26.3 Å². The quantitative estimate of drug-likeness (QED) is 0.167. The molecule has 1 aromatic heterocycles. The van der Waals surface area contributed by atoms with Crippen LogP contribution in [0.5, 0.6) is 0 Å². The van der Waals surface area contributed by atoms with E-state index >= 15 is 0 Å². The third kappa shape index (κ3) is 4.18. The van der Waals surface area contributed by atoms with E-state index in [-0.39, 0.29) is 0 Å². The van der Waals surface area contributed by atoms with E-state index in [0.29, 0.717) is 0 Å². The molecule has 9 aromatic rings. The third-order valence-corrected chi connectivity index (χ3v) is 15.9. The highest BCUT2D eigenvalue weighted by Gasteiger charge is 2.50. The Balaban J connectivity index is 1.16. The van der Waals surface area contributed by atoms with Crippen molar-refractivity contribution in [3.05, 3.63) is 216 Å². The second-order valence-electron chi connectivity index (χ2n) is 14.0. The molecule has 11 rings (SSSR count). The molecule has 0 N–H and O–H groups in total. The van der Waals surface area contributed by atoms with Crippen molar-refractivity contribution >= 4 is 57.9 Å². The molecule has 0 saturated carbocycles. The monoisotopic (exact) mass is 695 g/mol. The number of para-hydroxylation sites is 2. The molecule has 0 saturated heterocycles. The van der Waals surface area contributed by atoms with Gasteiger partial charge < -0.3 is 4.57 Å². The zero-order valence-electron chi connectivity index (χ0n) is 28.4. The van der Waals surface area contributed by atoms with Gasteiger partial charge in [0.2, 0.25) is 0 Å². The molecule has 0 fully saturated rings. The van der Waals surface area contributed by atoms with Gasteiger partial charge in [-0.1, -0.05) is 169 Å². The zero-order chi connectivity index (χ0) is 34.2. The summed E-state index contributed by atoms with van der Waals surface area (Å²) in [5.74, 6) is 0. The molecule has 1 unspecified atom stereocenters. The van der Waals surface area contributed by atoms with Crippen LogP contribution >= 0.6 is 11.8 Å². The molecule has 1 atom stereocenters. The highest BCUT2D eigenvalue weighted by molar-refractivity contribution is 7.99. The van der Waals surface area contributed by atoms with Crippen LogP contribution < -0.4 is 15.6 Å². The Morgan fingerprint density at radius 3 is 1.60 bits per heavy atom. The van der Waals surface area contributed by atoms with E-state index in [1.54, 1.807) is 0 Å². The van der Waals surface area contributed by atoms with Crippen LogP contribution in [0.4, 0.5) is 0 Å². The zero-order valence-corrected chi connectivity index (χ0v) is 30.4. The Labute approximate surface area is 309 Å². The predicted molar refractivity (Wildman–Crippen MR) is 221 cm³/mol. The SMILES string of the molecule is c1ccc([SiH]2c3ccccc3C3(c4ccccc4Sc4ccccc43)c3cc(-c4ccc(-n5c6ccccc6c6ccccc65)cc4)ccc32)cc1. The molecule has 52 heavy (non-hydrogen) atoms. The van der Waals surface area contributed by atoms with Gasteiger partial charge in [-0.15, -0.1) is 0 Å². The minimum Gasteiger partial charge on any atom is -0.309 e. The van der Waals surface area contributed by atoms with E-state index in [1.807, 2.05) is 11.8 Å². The second kappa shape index (κ2) is 11.6. The molecular weight excluding hydrogens is 663 g/mol. The van der Waals surface area contributed by atoms with Gasteiger partial charge in [-0.3, -0.25) is 0 Å². The summed E-state index contributed by atoms with van der Waals surface area (Å²) >= 11 is 1.91. The molecule has 3 heteroatoms. The first-order valence-electron chi connectivity index (χ1n) is 18.1. The molecule has 2 aliphatic rings. The molecule has 3 heterocycles. The Morgan fingerprint density at radius 2 is 0.923 bits per heavy atom. The minimum atomic E-state index is -1.82. The highest BCUT2D eigenvalue weighted by Crippen LogP contribution is 2.56. The van der Waals surface area contributed by atoms with Crippen molar-refractivity contribution in [1.82, 2.24) is 4.57 Å². The predicted octanol–water partition coefficient (Wildman–Crippen LogP) is 9.86. The summed E-state index contributed by atoms with van der Waals surface area (Å²) in [6.07, 6.45) is 0. The molecule has 0 amide bonds. The number of hydrogen-bond donors (Lipinski definition) is 0. The maximum absolute atomic E-state index is 2.55. The van der Waals surface area contributed by atoms with Crippen LogP contribution in [-0.4, -0.2) is 13.4 Å². The van der Waals surface area contributed by atoms with Crippen LogP contribution in [0.1, 0.15) is 22.3 Å². The first-order valence-corrected chi connectivity index (χ1v) is 20.6. The van der Waals surface area contributed by atoms with Crippen LogP contribution in [0.2, 0.25) is 0 Å². The first-order chi connectivity index (χ1) is 25.8. The molecule has 2 aliphatic heterocycles. The van der Waals surface area contributed by atoms with Crippen molar-refractivity contribution in [2.45, 2.75) is 15.2 Å². The lowest BCUT2D eigenvalue weighted by atomic mass is 9.64. The molecule has 0 radical (unpaired) electrons. The molecule has 244 valence electrons. The van der Waals surface area contributed by atoms with Gasteiger partial charge in [0.05, 0.1) is 16.4 Å². The van der Waals surface area contributed by atoms with Gasteiger partial charge in [-0.2, -0.15) is 0 Å². The van der Waals surface area contributed by atoms with Crippen molar-refractivity contribution in [2.75, 3.05) is 0 Å². The van der Waals surface area contributed by atoms with Crippen molar-refractivity contribution < 1.29 is 0 Å². The summed E-state index contributed by atoms with van der Waals surface area (Å²) in [4.78, 5) is 2.67. The number of aromatic nitrogens is 1. The van der Waals surface area contributed by atoms with Gasteiger partial charge in [-0.25, -0.2) is 0 Å². The van der Waals surface area contributed by atoms with E-state index in [0.717, 1.165) is 0 Å². The number of hydrogen-bond acceptors (Lipinski definition) is 1. The van der Waals surface area contributed by atoms with E-state index in [2.05, 4.69) is 199 Å². The van der Waals surface area contributed by atoms with Gasteiger partial charge >= 0.3 is 0 Å². The molecule has 8 aromatic carbocycles. The van der Waals surface area contributed by atoms with Crippen LogP contribution in [0.25, 0.3) is 38.6 Å². The van der Waals surface area contributed by atoms with Crippen molar-refractivity contribution in [3.8, 4) is 16.8 Å². The third-order valence-electron chi connectivity index (χ3n) is 11.4. The lowest BCUT2D eigenvalue weighted by molar-refractivity contribution is 0.708. The van der Waals surface area contributed by atoms with E-state index in [4.69, 9.17) is 0 Å². The summed E-state index contributed by atoms with van der Waals surface area (Å²) in [7, 11) is -1.82. The average Bonchev–Trinajstić information content (AvgIpc) is 3.55. The first kappa shape index (κ1) is 29.8. The molecule has 0 bridgehead atoms. The standard InChI is InChI=1S/C49H33NSSi/c1-2-14-36(15-3-1)52-47-25-13-8-20-41(47)49(39-18-6-11-23-45(39)51-46-24-12-7-19-40(46)49)42-32-34(28-31-48(42)52)33-26-29-35(30-27-33)50-43-21-9-4-16-37(43)38-17-5-10-22-44(38)50/h1-32,52H. The van der Waals surface area contributed by atoms with Crippen LogP contribution in [-0.2, 0) is 5.41 Å². The lowest BCUT2D eigenvalue weighted by Crippen LogP contribution is -2.62. The number of benzene rings is 8. The normalized spacial score (nSPS) is 15.2. The summed E-state index contributed by atoms with van der Waals surface area (Å²) in [5.41, 5.74) is 11.3. The van der Waals surface area contributed by atoms with Gasteiger partial charge in [0.25, 0.3) is 0 Å². The van der Waals surface area contributed by atoms with Crippen molar-refractivity contribution in [3.63, 3.8) is 0 Å². The van der Waals surface area contributed by atoms with Crippen LogP contribution in [0, 0.1) is 0 Å². The number of nitrogens with zero attached hydrogens (tertiary/aromatic N) is 1. The Morgan fingerprint density at radius 1 is 0.404 bits per heavy atom. The molecule has 1 nitrogen and oxygen atoms in total. The molecule has 0 aliphatic carbocycles. The van der Waals surface area contributed by atoms with E-state index in [1.165, 1.54) is 86.2 Å². The Bertz CT molecular complexity index is 2740. The maximum atomic E-state index is 2.55. The fourth-order valence-corrected chi connectivity index (χ4v) is 14.0. The highest BCUT2D eigenvalue weighted by atomic mass is 32.2. The number of rotatable bonds is 3. The smallest absolute Gasteiger partial charge is 0.133 e. The maximum Gasteiger partial charge on any atom is 0.133 e.